The molecule has 27 heavy (non-hydrogen) atoms. The Kier molecular flexibility index (Phi) is 5.74. The SMILES string of the molecule is CCN(Cc1ccccc1)S(=O)(=O)c1cc2c(cc1Br)CC(C)N2C(C)=O. The summed E-state index contributed by atoms with van der Waals surface area (Å²) in [5, 5.41) is 0. The fourth-order valence-electron chi connectivity index (χ4n) is 3.59. The minimum absolute atomic E-state index is 0.0222. The van der Waals surface area contributed by atoms with Crippen molar-refractivity contribution in [1.29, 1.82) is 0 Å². The van der Waals surface area contributed by atoms with E-state index in [2.05, 4.69) is 15.9 Å². The van der Waals surface area contributed by atoms with Gasteiger partial charge in [0.05, 0.1) is 4.90 Å². The zero-order valence-corrected chi connectivity index (χ0v) is 18.0. The van der Waals surface area contributed by atoms with Gasteiger partial charge in [0.1, 0.15) is 0 Å². The summed E-state index contributed by atoms with van der Waals surface area (Å²) in [6.45, 7) is 5.96. The molecule has 7 heteroatoms. The second-order valence-electron chi connectivity index (χ2n) is 6.77. The average Bonchev–Trinajstić information content (AvgIpc) is 2.94. The number of carbonyl (C=O) groups excluding carboxylic acids is 1. The van der Waals surface area contributed by atoms with Gasteiger partial charge in [-0.05, 0) is 52.5 Å². The lowest BCUT2D eigenvalue weighted by Gasteiger charge is -2.24. The Labute approximate surface area is 169 Å². The topological polar surface area (TPSA) is 57.7 Å². The summed E-state index contributed by atoms with van der Waals surface area (Å²) in [5.74, 6) is -0.0800. The summed E-state index contributed by atoms with van der Waals surface area (Å²) in [4.78, 5) is 13.9. The standard InChI is InChI=1S/C20H23BrN2O3S/c1-4-22(13-16-8-6-5-7-9-16)27(25,26)20-12-19-17(11-18(20)21)10-14(2)23(19)15(3)24/h5-9,11-12,14H,4,10,13H2,1-3H3. The minimum atomic E-state index is -3.72. The molecule has 0 aromatic heterocycles. The van der Waals surface area contributed by atoms with Crippen molar-refractivity contribution in [3.8, 4) is 0 Å². The van der Waals surface area contributed by atoms with Gasteiger partial charge in [0, 0.05) is 36.2 Å². The van der Waals surface area contributed by atoms with Gasteiger partial charge in [0.15, 0.2) is 0 Å². The van der Waals surface area contributed by atoms with Gasteiger partial charge >= 0.3 is 0 Å². The van der Waals surface area contributed by atoms with Crippen molar-refractivity contribution >= 4 is 37.5 Å². The van der Waals surface area contributed by atoms with E-state index in [1.54, 1.807) is 11.0 Å². The first kappa shape index (κ1) is 20.0. The van der Waals surface area contributed by atoms with Crippen LogP contribution in [0.1, 0.15) is 31.9 Å². The Hall–Kier alpha value is -1.70. The highest BCUT2D eigenvalue weighted by Gasteiger charge is 2.33. The van der Waals surface area contributed by atoms with Crippen LogP contribution < -0.4 is 4.90 Å². The average molecular weight is 451 g/mol. The smallest absolute Gasteiger partial charge is 0.244 e. The van der Waals surface area contributed by atoms with Crippen LogP contribution in [0.25, 0.3) is 0 Å². The molecule has 1 heterocycles. The van der Waals surface area contributed by atoms with Crippen molar-refractivity contribution in [3.63, 3.8) is 0 Å². The van der Waals surface area contributed by atoms with Gasteiger partial charge in [0.25, 0.3) is 0 Å². The van der Waals surface area contributed by atoms with Crippen LogP contribution in [0, 0.1) is 0 Å². The summed E-state index contributed by atoms with van der Waals surface area (Å²) >= 11 is 3.44. The van der Waals surface area contributed by atoms with E-state index in [0.29, 0.717) is 23.2 Å². The van der Waals surface area contributed by atoms with Crippen LogP contribution in [0.2, 0.25) is 0 Å². The first-order chi connectivity index (χ1) is 12.8. The van der Waals surface area contributed by atoms with E-state index in [1.807, 2.05) is 50.2 Å². The highest BCUT2D eigenvalue weighted by molar-refractivity contribution is 9.10. The Bertz CT molecular complexity index is 961. The number of fused-ring (bicyclic) bond motifs is 1. The molecule has 1 unspecified atom stereocenters. The minimum Gasteiger partial charge on any atom is -0.309 e. The molecule has 1 amide bonds. The van der Waals surface area contributed by atoms with Crippen LogP contribution in [0.4, 0.5) is 5.69 Å². The van der Waals surface area contributed by atoms with Crippen molar-refractivity contribution in [2.75, 3.05) is 11.4 Å². The van der Waals surface area contributed by atoms with Crippen LogP contribution in [0.5, 0.6) is 0 Å². The second-order valence-corrected chi connectivity index (χ2v) is 9.53. The number of amides is 1. The lowest BCUT2D eigenvalue weighted by atomic mass is 10.1. The maximum Gasteiger partial charge on any atom is 0.244 e. The van der Waals surface area contributed by atoms with Crippen LogP contribution in [-0.4, -0.2) is 31.2 Å². The van der Waals surface area contributed by atoms with Crippen LogP contribution in [0.15, 0.2) is 51.8 Å². The summed E-state index contributed by atoms with van der Waals surface area (Å²) in [5.41, 5.74) is 2.60. The predicted molar refractivity (Wildman–Crippen MR) is 110 cm³/mol. The first-order valence-electron chi connectivity index (χ1n) is 8.92. The van der Waals surface area contributed by atoms with Crippen molar-refractivity contribution in [2.24, 2.45) is 0 Å². The van der Waals surface area contributed by atoms with Crippen molar-refractivity contribution in [3.05, 3.63) is 58.1 Å². The highest BCUT2D eigenvalue weighted by atomic mass is 79.9. The molecule has 0 bridgehead atoms. The summed E-state index contributed by atoms with van der Waals surface area (Å²) in [7, 11) is -3.72. The summed E-state index contributed by atoms with van der Waals surface area (Å²) in [6.07, 6.45) is 0.718. The number of halogens is 1. The van der Waals surface area contributed by atoms with Gasteiger partial charge < -0.3 is 4.90 Å². The maximum absolute atomic E-state index is 13.3. The molecule has 0 spiro atoms. The van der Waals surface area contributed by atoms with E-state index in [1.165, 1.54) is 11.2 Å². The molecule has 0 saturated carbocycles. The normalized spacial score (nSPS) is 16.6. The Balaban J connectivity index is 2.03. The quantitative estimate of drug-likeness (QED) is 0.692. The molecule has 0 fully saturated rings. The van der Waals surface area contributed by atoms with Gasteiger partial charge in [-0.3, -0.25) is 4.79 Å². The van der Waals surface area contributed by atoms with E-state index in [9.17, 15) is 13.2 Å². The van der Waals surface area contributed by atoms with Gasteiger partial charge in [0.2, 0.25) is 15.9 Å². The third-order valence-corrected chi connectivity index (χ3v) is 7.74. The number of anilines is 1. The first-order valence-corrected chi connectivity index (χ1v) is 11.1. The fourth-order valence-corrected chi connectivity index (χ4v) is 6.10. The molecule has 0 N–H and O–H groups in total. The van der Waals surface area contributed by atoms with E-state index in [0.717, 1.165) is 17.5 Å². The number of hydrogen-bond acceptors (Lipinski definition) is 3. The predicted octanol–water partition coefficient (Wildman–Crippen LogP) is 3.96. The molecule has 2 aromatic rings. The monoisotopic (exact) mass is 450 g/mol. The fraction of sp³-hybridized carbons (Fsp3) is 0.350. The third kappa shape index (κ3) is 3.81. The number of sulfonamides is 1. The molecule has 2 aromatic carbocycles. The molecular weight excluding hydrogens is 428 g/mol. The molecule has 1 aliphatic rings. The zero-order chi connectivity index (χ0) is 19.8. The van der Waals surface area contributed by atoms with Crippen LogP contribution >= 0.6 is 15.9 Å². The van der Waals surface area contributed by atoms with Gasteiger partial charge in [-0.25, -0.2) is 8.42 Å². The van der Waals surface area contributed by atoms with Gasteiger partial charge in [-0.15, -0.1) is 0 Å². The Morgan fingerprint density at radius 3 is 2.52 bits per heavy atom. The number of carbonyl (C=O) groups is 1. The number of benzene rings is 2. The molecule has 3 rings (SSSR count). The molecule has 144 valence electrons. The molecule has 0 saturated heterocycles. The Morgan fingerprint density at radius 1 is 1.26 bits per heavy atom. The van der Waals surface area contributed by atoms with Gasteiger partial charge in [-0.2, -0.15) is 4.31 Å². The highest BCUT2D eigenvalue weighted by Crippen LogP contribution is 2.39. The van der Waals surface area contributed by atoms with E-state index in [4.69, 9.17) is 0 Å². The number of hydrogen-bond donors (Lipinski definition) is 0. The van der Waals surface area contributed by atoms with Crippen LogP contribution in [-0.2, 0) is 27.8 Å². The van der Waals surface area contributed by atoms with E-state index >= 15 is 0 Å². The van der Waals surface area contributed by atoms with Gasteiger partial charge in [-0.1, -0.05) is 37.3 Å². The third-order valence-electron chi connectivity index (χ3n) is 4.86. The largest absolute Gasteiger partial charge is 0.309 e. The molecular formula is C20H23BrN2O3S. The maximum atomic E-state index is 13.3. The second kappa shape index (κ2) is 7.73. The Morgan fingerprint density at radius 2 is 1.93 bits per heavy atom. The van der Waals surface area contributed by atoms with Crippen molar-refractivity contribution in [1.82, 2.24) is 4.31 Å². The van der Waals surface area contributed by atoms with E-state index in [-0.39, 0.29) is 16.8 Å². The lowest BCUT2D eigenvalue weighted by Crippen LogP contribution is -2.34. The lowest BCUT2D eigenvalue weighted by molar-refractivity contribution is -0.116. The molecule has 1 atom stereocenters. The van der Waals surface area contributed by atoms with E-state index < -0.39 is 10.0 Å². The van der Waals surface area contributed by atoms with Crippen molar-refractivity contribution < 1.29 is 13.2 Å². The van der Waals surface area contributed by atoms with Crippen LogP contribution in [0.3, 0.4) is 0 Å². The zero-order valence-electron chi connectivity index (χ0n) is 15.6. The molecule has 5 nitrogen and oxygen atoms in total. The number of rotatable bonds is 5. The molecule has 1 aliphatic heterocycles. The van der Waals surface area contributed by atoms with Crippen molar-refractivity contribution in [2.45, 2.75) is 44.7 Å². The molecule has 0 radical (unpaired) electrons. The summed E-state index contributed by atoms with van der Waals surface area (Å²) in [6, 6.07) is 13.0. The molecule has 0 aliphatic carbocycles. The summed E-state index contributed by atoms with van der Waals surface area (Å²) < 4.78 is 28.7. The number of nitrogens with zero attached hydrogens (tertiary/aromatic N) is 2.